The van der Waals surface area contributed by atoms with Crippen molar-refractivity contribution in [2.45, 2.75) is 0 Å². The van der Waals surface area contributed by atoms with E-state index < -0.39 is 24.6 Å². The van der Waals surface area contributed by atoms with Crippen LogP contribution in [0.3, 0.4) is 0 Å². The average Bonchev–Trinajstić information content (AvgIpc) is 3.28. The number of nitrogens with zero attached hydrogens (tertiary/aromatic N) is 2. The van der Waals surface area contributed by atoms with Crippen LogP contribution < -0.4 is 20.7 Å². The molecule has 0 bridgehead atoms. The Labute approximate surface area is 202 Å². The van der Waals surface area contributed by atoms with Crippen molar-refractivity contribution in [3.8, 4) is 17.0 Å². The van der Waals surface area contributed by atoms with Gasteiger partial charge in [0, 0.05) is 47.9 Å². The third kappa shape index (κ3) is 5.75. The van der Waals surface area contributed by atoms with Gasteiger partial charge in [0.05, 0.1) is 36.3 Å². The number of carbonyl (C=O) groups is 2. The highest BCUT2D eigenvalue weighted by Gasteiger charge is 2.20. The molecule has 33 heavy (non-hydrogen) atoms. The molecule has 0 spiro atoms. The molecule has 1 aromatic carbocycles. The number of ether oxygens (including phenoxy) is 2. The highest BCUT2D eigenvalue weighted by atomic mass is 35.5. The van der Waals surface area contributed by atoms with Crippen LogP contribution in [0.5, 0.6) is 5.75 Å². The number of hydrogen-bond donors (Lipinski definition) is 3. The lowest BCUT2D eigenvalue weighted by molar-refractivity contribution is 0.0934. The van der Waals surface area contributed by atoms with E-state index in [2.05, 4.69) is 20.6 Å². The monoisotopic (exact) mass is 496 g/mol. The van der Waals surface area contributed by atoms with Gasteiger partial charge in [0.1, 0.15) is 11.0 Å². The minimum atomic E-state index is -2.74. The van der Waals surface area contributed by atoms with Crippen LogP contribution in [0, 0.1) is 5.82 Å². The molecule has 3 aromatic rings. The molecule has 0 atom stereocenters. The van der Waals surface area contributed by atoms with Gasteiger partial charge < -0.3 is 25.4 Å². The zero-order valence-electron chi connectivity index (χ0n) is 20.5. The molecule has 174 valence electrons. The van der Waals surface area contributed by atoms with Gasteiger partial charge in [-0.2, -0.15) is 0 Å². The maximum absolute atomic E-state index is 14.7. The quantitative estimate of drug-likeness (QED) is 0.307. The number of thiazole rings is 1. The molecular weight excluding hydrogens is 473 g/mol. The summed E-state index contributed by atoms with van der Waals surface area (Å²) in [4.78, 5) is 32.9. The van der Waals surface area contributed by atoms with Crippen molar-refractivity contribution in [1.29, 1.82) is 0 Å². The molecule has 3 N–H and O–H groups in total. The molecule has 12 heteroatoms. The molecule has 2 amide bonds. The number of rotatable bonds is 9. The van der Waals surface area contributed by atoms with Gasteiger partial charge >= 0.3 is 0 Å². The Morgan fingerprint density at radius 1 is 1.24 bits per heavy atom. The van der Waals surface area contributed by atoms with E-state index in [0.29, 0.717) is 13.2 Å². The summed E-state index contributed by atoms with van der Waals surface area (Å²) in [5.41, 5.74) is 0.525. The topological polar surface area (TPSA) is 114 Å². The highest BCUT2D eigenvalue weighted by molar-refractivity contribution is 7.12. The van der Waals surface area contributed by atoms with Crippen LogP contribution in [0.1, 0.15) is 24.3 Å². The number of methoxy groups -OCH3 is 2. The normalized spacial score (nSPS) is 12.3. The molecule has 0 aliphatic carbocycles. The van der Waals surface area contributed by atoms with E-state index in [1.165, 1.54) is 26.4 Å². The van der Waals surface area contributed by atoms with Gasteiger partial charge in [-0.05, 0) is 12.1 Å². The summed E-state index contributed by atoms with van der Waals surface area (Å²) < 4.78 is 46.9. The second-order valence-corrected chi connectivity index (χ2v) is 7.70. The maximum Gasteiger partial charge on any atom is 0.280 e. The van der Waals surface area contributed by atoms with Crippen LogP contribution in [-0.2, 0) is 4.74 Å². The van der Waals surface area contributed by atoms with Gasteiger partial charge in [-0.15, -0.1) is 11.3 Å². The summed E-state index contributed by atoms with van der Waals surface area (Å²) in [7, 11) is 2.87. The number of anilines is 2. The second kappa shape index (κ2) is 11.0. The fraction of sp³-hybridized carbons (Fsp3) is 0.238. The Balaban J connectivity index is 1.98. The third-order valence-electron chi connectivity index (χ3n) is 4.32. The summed E-state index contributed by atoms with van der Waals surface area (Å²) >= 11 is 7.04. The number of nitrogens with one attached hydrogen (secondary N) is 3. The Bertz CT molecular complexity index is 1270. The first-order chi connectivity index (χ1) is 17.0. The molecular formula is C21H21ClFN5O4S. The molecule has 0 fully saturated rings. The minimum Gasteiger partial charge on any atom is -0.494 e. The number of hydrogen-bond acceptors (Lipinski definition) is 8. The lowest BCUT2D eigenvalue weighted by Crippen LogP contribution is -2.26. The maximum atomic E-state index is 14.7. The van der Waals surface area contributed by atoms with Gasteiger partial charge in [0.25, 0.3) is 11.8 Å². The second-order valence-electron chi connectivity index (χ2n) is 6.45. The van der Waals surface area contributed by atoms with Crippen LogP contribution in [-0.4, -0.2) is 56.1 Å². The largest absolute Gasteiger partial charge is 0.494 e. The highest BCUT2D eigenvalue weighted by Crippen LogP contribution is 2.39. The van der Waals surface area contributed by atoms with Crippen LogP contribution >= 0.6 is 22.9 Å². The number of halogens is 2. The molecule has 0 saturated carbocycles. The molecule has 2 heterocycles. The lowest BCUT2D eigenvalue weighted by atomic mass is 10.1. The van der Waals surface area contributed by atoms with E-state index in [4.69, 9.17) is 25.2 Å². The van der Waals surface area contributed by atoms with Crippen LogP contribution in [0.4, 0.5) is 15.8 Å². The third-order valence-corrected chi connectivity index (χ3v) is 5.37. The predicted octanol–water partition coefficient (Wildman–Crippen LogP) is 3.49. The summed E-state index contributed by atoms with van der Waals surface area (Å²) in [5.74, 6) is -1.86. The first-order valence-corrected chi connectivity index (χ1v) is 10.6. The SMILES string of the molecule is [2H]C([2H])([2H])NC(=O)c1cnc(Cl)cc1Nc1cc(F)cc(-c2csc(C(=O)NCCOC)n2)c1OC. The fourth-order valence-electron chi connectivity index (χ4n) is 2.87. The Kier molecular flexibility index (Phi) is 6.80. The van der Waals surface area contributed by atoms with Crippen molar-refractivity contribution in [2.75, 3.05) is 39.7 Å². The zero-order valence-corrected chi connectivity index (χ0v) is 19.1. The number of benzene rings is 1. The van der Waals surface area contributed by atoms with E-state index in [9.17, 15) is 14.0 Å². The summed E-state index contributed by atoms with van der Waals surface area (Å²) in [6.45, 7) is -2.11. The van der Waals surface area contributed by atoms with Crippen LogP contribution in [0.2, 0.25) is 5.15 Å². The molecule has 2 aromatic heterocycles. The van der Waals surface area contributed by atoms with Crippen molar-refractivity contribution >= 4 is 46.1 Å². The molecule has 0 aliphatic rings. The van der Waals surface area contributed by atoms with E-state index in [1.54, 1.807) is 5.38 Å². The van der Waals surface area contributed by atoms with Gasteiger partial charge in [0.2, 0.25) is 0 Å². The number of carbonyl (C=O) groups excluding carboxylic acids is 2. The van der Waals surface area contributed by atoms with Crippen LogP contribution in [0.25, 0.3) is 11.3 Å². The summed E-state index contributed by atoms with van der Waals surface area (Å²) in [5, 5.41) is 9.12. The minimum absolute atomic E-state index is 0.00200. The van der Waals surface area contributed by atoms with Crippen molar-refractivity contribution in [3.63, 3.8) is 0 Å². The average molecular weight is 497 g/mol. The van der Waals surface area contributed by atoms with Gasteiger partial charge in [-0.25, -0.2) is 14.4 Å². The Hall–Kier alpha value is -3.28. The molecule has 3 rings (SSSR count). The molecule has 0 radical (unpaired) electrons. The fourth-order valence-corrected chi connectivity index (χ4v) is 3.76. The van der Waals surface area contributed by atoms with E-state index in [-0.39, 0.29) is 44.1 Å². The Morgan fingerprint density at radius 2 is 2.06 bits per heavy atom. The number of amides is 2. The van der Waals surface area contributed by atoms with Gasteiger partial charge in [-0.3, -0.25) is 9.59 Å². The molecule has 9 nitrogen and oxygen atoms in total. The van der Waals surface area contributed by atoms with E-state index >= 15 is 0 Å². The standard InChI is InChI=1S/C21H21ClFN5O4S/c1-24-19(29)13-9-26-17(22)8-14(13)27-15-7-11(23)6-12(18(15)32-3)16-10-33-21(28-16)20(30)25-4-5-31-2/h6-10H,4-5H2,1-3H3,(H,24,29)(H,25,30)(H,26,27)/i1D3. The summed E-state index contributed by atoms with van der Waals surface area (Å²) in [6.07, 6.45) is 1.09. The smallest absolute Gasteiger partial charge is 0.280 e. The molecule has 0 unspecified atom stereocenters. The van der Waals surface area contributed by atoms with E-state index in [0.717, 1.165) is 23.6 Å². The lowest BCUT2D eigenvalue weighted by Gasteiger charge is -2.16. The number of aromatic nitrogens is 2. The number of pyridine rings is 1. The van der Waals surface area contributed by atoms with Crippen molar-refractivity contribution in [3.05, 3.63) is 51.3 Å². The van der Waals surface area contributed by atoms with Crippen molar-refractivity contribution in [1.82, 2.24) is 20.6 Å². The zero-order chi connectivity index (χ0) is 26.5. The van der Waals surface area contributed by atoms with E-state index in [1.807, 2.05) is 5.32 Å². The molecule has 0 saturated heterocycles. The van der Waals surface area contributed by atoms with Gasteiger partial charge in [0.15, 0.2) is 10.8 Å². The first kappa shape index (κ1) is 20.3. The first-order valence-electron chi connectivity index (χ1n) is 10.9. The molecule has 0 aliphatic heterocycles. The van der Waals surface area contributed by atoms with Crippen molar-refractivity contribution in [2.24, 2.45) is 0 Å². The van der Waals surface area contributed by atoms with Crippen LogP contribution in [0.15, 0.2) is 29.8 Å². The predicted molar refractivity (Wildman–Crippen MR) is 124 cm³/mol. The summed E-state index contributed by atoms with van der Waals surface area (Å²) in [6, 6.07) is 3.59. The van der Waals surface area contributed by atoms with Gasteiger partial charge in [-0.1, -0.05) is 11.6 Å². The van der Waals surface area contributed by atoms with Crippen molar-refractivity contribution < 1.29 is 27.6 Å². The Morgan fingerprint density at radius 3 is 2.79 bits per heavy atom.